The molecule has 0 spiro atoms. The van der Waals surface area contributed by atoms with Gasteiger partial charge in [0.15, 0.2) is 0 Å². The Hall–Kier alpha value is -0.950. The quantitative estimate of drug-likeness (QED) is 0.854. The summed E-state index contributed by atoms with van der Waals surface area (Å²) >= 11 is 0. The van der Waals surface area contributed by atoms with E-state index in [1.807, 2.05) is 0 Å². The van der Waals surface area contributed by atoms with Gasteiger partial charge in [0.05, 0.1) is 0 Å². The van der Waals surface area contributed by atoms with Crippen LogP contribution in [0.25, 0.3) is 0 Å². The monoisotopic (exact) mass is 256 g/mol. The number of aromatic nitrogens is 3. The van der Waals surface area contributed by atoms with E-state index in [0.29, 0.717) is 5.92 Å². The van der Waals surface area contributed by atoms with E-state index in [0.717, 1.165) is 25.1 Å². The number of sulfonamides is 1. The molecule has 94 valence electrons. The van der Waals surface area contributed by atoms with Gasteiger partial charge in [-0.05, 0) is 18.8 Å². The summed E-state index contributed by atoms with van der Waals surface area (Å²) in [6.07, 6.45) is 6.52. The molecular formula is C10H16N4O2S. The zero-order valence-electron chi connectivity index (χ0n) is 9.54. The maximum absolute atomic E-state index is 11.4. The Morgan fingerprint density at radius 3 is 2.41 bits per heavy atom. The van der Waals surface area contributed by atoms with Gasteiger partial charge in [-0.3, -0.25) is 4.57 Å². The maximum atomic E-state index is 11.4. The van der Waals surface area contributed by atoms with Crippen molar-refractivity contribution >= 4 is 10.0 Å². The van der Waals surface area contributed by atoms with Crippen LogP contribution in [-0.2, 0) is 16.4 Å². The van der Waals surface area contributed by atoms with E-state index >= 15 is 0 Å². The van der Waals surface area contributed by atoms with Crippen molar-refractivity contribution in [2.24, 2.45) is 11.1 Å². The van der Waals surface area contributed by atoms with Crippen molar-refractivity contribution in [3.63, 3.8) is 0 Å². The molecule has 2 aliphatic rings. The van der Waals surface area contributed by atoms with Gasteiger partial charge in [-0.15, -0.1) is 10.2 Å². The minimum absolute atomic E-state index is 0.0608. The highest BCUT2D eigenvalue weighted by molar-refractivity contribution is 7.89. The third kappa shape index (κ3) is 2.09. The lowest BCUT2D eigenvalue weighted by Crippen LogP contribution is -2.21. The van der Waals surface area contributed by atoms with Crippen LogP contribution in [0.2, 0.25) is 0 Å². The minimum Gasteiger partial charge on any atom is -0.298 e. The lowest BCUT2D eigenvalue weighted by atomic mass is 9.83. The fourth-order valence-corrected chi connectivity index (χ4v) is 2.98. The van der Waals surface area contributed by atoms with Gasteiger partial charge in [0.2, 0.25) is 0 Å². The van der Waals surface area contributed by atoms with Crippen LogP contribution in [0.4, 0.5) is 0 Å². The molecule has 0 atom stereocenters. The van der Waals surface area contributed by atoms with Gasteiger partial charge in [-0.1, -0.05) is 19.3 Å². The standard InChI is InChI=1S/C10H16N4O2S/c11-17(15,16)10-13-12-9(6-7-2-1-3-7)14(10)8-4-5-8/h7-8H,1-6H2,(H2,11,15,16). The number of nitrogens with two attached hydrogens (primary N) is 1. The summed E-state index contributed by atoms with van der Waals surface area (Å²) in [6, 6.07) is 0.244. The molecule has 0 amide bonds. The molecule has 2 fully saturated rings. The topological polar surface area (TPSA) is 90.9 Å². The number of primary sulfonamides is 1. The Kier molecular flexibility index (Phi) is 2.48. The van der Waals surface area contributed by atoms with Gasteiger partial charge in [0.1, 0.15) is 5.82 Å². The van der Waals surface area contributed by atoms with Gasteiger partial charge in [-0.25, -0.2) is 13.6 Å². The second-order valence-corrected chi connectivity index (χ2v) is 6.50. The van der Waals surface area contributed by atoms with Crippen LogP contribution in [0, 0.1) is 5.92 Å². The summed E-state index contributed by atoms with van der Waals surface area (Å²) in [5.41, 5.74) is 0. The SMILES string of the molecule is NS(=O)(=O)c1nnc(CC2CCC2)n1C1CC1. The van der Waals surface area contributed by atoms with Crippen LogP contribution < -0.4 is 5.14 Å². The van der Waals surface area contributed by atoms with Gasteiger partial charge in [0, 0.05) is 12.5 Å². The molecule has 0 aliphatic heterocycles. The lowest BCUT2D eigenvalue weighted by Gasteiger charge is -2.24. The molecule has 1 heterocycles. The molecule has 1 aromatic rings. The van der Waals surface area contributed by atoms with E-state index in [9.17, 15) is 8.42 Å². The van der Waals surface area contributed by atoms with Crippen molar-refractivity contribution in [1.29, 1.82) is 0 Å². The highest BCUT2D eigenvalue weighted by Crippen LogP contribution is 2.39. The lowest BCUT2D eigenvalue weighted by molar-refractivity contribution is 0.304. The van der Waals surface area contributed by atoms with E-state index in [2.05, 4.69) is 10.2 Å². The van der Waals surface area contributed by atoms with Gasteiger partial charge in [-0.2, -0.15) is 0 Å². The molecule has 0 saturated heterocycles. The van der Waals surface area contributed by atoms with Crippen LogP contribution in [0.15, 0.2) is 5.16 Å². The molecule has 0 radical (unpaired) electrons. The third-order valence-electron chi connectivity index (χ3n) is 3.60. The van der Waals surface area contributed by atoms with E-state index in [4.69, 9.17) is 5.14 Å². The van der Waals surface area contributed by atoms with Crippen molar-refractivity contribution in [2.45, 2.75) is 49.7 Å². The number of rotatable bonds is 4. The average molecular weight is 256 g/mol. The van der Waals surface area contributed by atoms with Gasteiger partial charge in [0.25, 0.3) is 15.2 Å². The molecule has 3 rings (SSSR count). The predicted octanol–water partition coefficient (Wildman–Crippen LogP) is 0.603. The number of hydrogen-bond donors (Lipinski definition) is 1. The normalized spacial score (nSPS) is 21.5. The Labute approximate surface area is 100 Å². The van der Waals surface area contributed by atoms with E-state index < -0.39 is 10.0 Å². The largest absolute Gasteiger partial charge is 0.298 e. The van der Waals surface area contributed by atoms with Crippen LogP contribution in [0.1, 0.15) is 44.0 Å². The Morgan fingerprint density at radius 2 is 1.94 bits per heavy atom. The van der Waals surface area contributed by atoms with Crippen molar-refractivity contribution in [3.05, 3.63) is 5.82 Å². The number of hydrogen-bond acceptors (Lipinski definition) is 4. The number of nitrogens with zero attached hydrogens (tertiary/aromatic N) is 3. The molecule has 6 nitrogen and oxygen atoms in total. The summed E-state index contributed by atoms with van der Waals surface area (Å²) in [7, 11) is -3.75. The molecule has 0 unspecified atom stereocenters. The van der Waals surface area contributed by atoms with Crippen molar-refractivity contribution < 1.29 is 8.42 Å². The maximum Gasteiger partial charge on any atom is 0.273 e. The van der Waals surface area contributed by atoms with Crippen molar-refractivity contribution in [1.82, 2.24) is 14.8 Å². The molecule has 2 N–H and O–H groups in total. The predicted molar refractivity (Wildman–Crippen MR) is 60.7 cm³/mol. The highest BCUT2D eigenvalue weighted by Gasteiger charge is 2.34. The summed E-state index contributed by atoms with van der Waals surface area (Å²) in [5.74, 6) is 1.44. The van der Waals surface area contributed by atoms with Gasteiger partial charge < -0.3 is 0 Å². The summed E-state index contributed by atoms with van der Waals surface area (Å²) < 4.78 is 24.6. The third-order valence-corrected chi connectivity index (χ3v) is 4.38. The van der Waals surface area contributed by atoms with Crippen LogP contribution >= 0.6 is 0 Å². The summed E-state index contributed by atoms with van der Waals surface area (Å²) in [6.45, 7) is 0. The summed E-state index contributed by atoms with van der Waals surface area (Å²) in [4.78, 5) is 0. The summed E-state index contributed by atoms with van der Waals surface area (Å²) in [5, 5.41) is 12.9. The fraction of sp³-hybridized carbons (Fsp3) is 0.800. The van der Waals surface area contributed by atoms with Crippen LogP contribution in [0.5, 0.6) is 0 Å². The average Bonchev–Trinajstić information content (AvgIpc) is 2.91. The van der Waals surface area contributed by atoms with Crippen molar-refractivity contribution in [2.75, 3.05) is 0 Å². The second-order valence-electron chi connectivity index (χ2n) is 5.05. The van der Waals surface area contributed by atoms with E-state index in [1.165, 1.54) is 19.3 Å². The molecule has 2 saturated carbocycles. The Balaban J connectivity index is 1.94. The molecular weight excluding hydrogens is 240 g/mol. The molecule has 7 heteroatoms. The second kappa shape index (κ2) is 3.78. The first-order valence-corrected chi connectivity index (χ1v) is 7.57. The first-order valence-electron chi connectivity index (χ1n) is 6.02. The zero-order valence-corrected chi connectivity index (χ0v) is 10.4. The zero-order chi connectivity index (χ0) is 12.0. The minimum atomic E-state index is -3.75. The fourth-order valence-electron chi connectivity index (χ4n) is 2.30. The molecule has 17 heavy (non-hydrogen) atoms. The van der Waals surface area contributed by atoms with E-state index in [1.54, 1.807) is 4.57 Å². The van der Waals surface area contributed by atoms with Crippen molar-refractivity contribution in [3.8, 4) is 0 Å². The van der Waals surface area contributed by atoms with Crippen LogP contribution in [-0.4, -0.2) is 23.2 Å². The first kappa shape index (κ1) is 11.2. The smallest absolute Gasteiger partial charge is 0.273 e. The molecule has 0 aromatic carbocycles. The highest BCUT2D eigenvalue weighted by atomic mass is 32.2. The molecule has 2 aliphatic carbocycles. The van der Waals surface area contributed by atoms with Crippen LogP contribution in [0.3, 0.4) is 0 Å². The van der Waals surface area contributed by atoms with E-state index in [-0.39, 0.29) is 11.2 Å². The molecule has 0 bridgehead atoms. The first-order chi connectivity index (χ1) is 8.05. The molecule has 1 aromatic heterocycles. The Bertz CT molecular complexity index is 529. The Morgan fingerprint density at radius 1 is 1.24 bits per heavy atom. The van der Waals surface area contributed by atoms with Gasteiger partial charge >= 0.3 is 0 Å².